The van der Waals surface area contributed by atoms with Crippen molar-refractivity contribution in [3.8, 4) is 5.75 Å². The number of nitrogens with one attached hydrogen (secondary N) is 1. The number of ether oxygens (including phenoxy) is 1. The summed E-state index contributed by atoms with van der Waals surface area (Å²) in [4.78, 5) is 14.0. The van der Waals surface area contributed by atoms with Crippen LogP contribution in [-0.4, -0.2) is 37.2 Å². The van der Waals surface area contributed by atoms with E-state index < -0.39 is 0 Å². The highest BCUT2D eigenvalue weighted by Crippen LogP contribution is 2.20. The molecule has 4 heteroatoms. The molecular formula is C18H28N2O2. The van der Waals surface area contributed by atoms with Crippen LogP contribution in [0.2, 0.25) is 0 Å². The van der Waals surface area contributed by atoms with Crippen molar-refractivity contribution >= 4 is 6.03 Å². The molecule has 1 atom stereocenters. The second kappa shape index (κ2) is 8.06. The van der Waals surface area contributed by atoms with Crippen LogP contribution in [0.5, 0.6) is 5.75 Å². The zero-order chi connectivity index (χ0) is 15.9. The van der Waals surface area contributed by atoms with E-state index in [1.165, 1.54) is 12.0 Å². The molecule has 1 aliphatic rings. The highest BCUT2D eigenvalue weighted by atomic mass is 16.5. The Balaban J connectivity index is 1.70. The van der Waals surface area contributed by atoms with Crippen LogP contribution in [0.15, 0.2) is 24.3 Å². The molecule has 22 heavy (non-hydrogen) atoms. The Morgan fingerprint density at radius 1 is 1.45 bits per heavy atom. The molecule has 0 aliphatic carbocycles. The molecule has 2 amide bonds. The quantitative estimate of drug-likeness (QED) is 0.844. The number of urea groups is 1. The largest absolute Gasteiger partial charge is 0.492 e. The number of likely N-dealkylation sites (tertiary alicyclic amines) is 1. The van der Waals surface area contributed by atoms with Gasteiger partial charge in [-0.25, -0.2) is 4.79 Å². The van der Waals surface area contributed by atoms with Crippen LogP contribution in [-0.2, 0) is 0 Å². The summed E-state index contributed by atoms with van der Waals surface area (Å²) in [5.74, 6) is 1.96. The lowest BCUT2D eigenvalue weighted by atomic mass is 10.0. The van der Waals surface area contributed by atoms with Crippen molar-refractivity contribution in [1.82, 2.24) is 10.2 Å². The van der Waals surface area contributed by atoms with Crippen LogP contribution in [0.25, 0.3) is 0 Å². The first-order chi connectivity index (χ1) is 10.6. The van der Waals surface area contributed by atoms with Crippen molar-refractivity contribution in [2.75, 3.05) is 26.2 Å². The van der Waals surface area contributed by atoms with Crippen molar-refractivity contribution in [2.24, 2.45) is 5.92 Å². The lowest BCUT2D eigenvalue weighted by Gasteiger charge is -2.30. The molecule has 0 spiro atoms. The number of amides is 2. The molecule has 1 unspecified atom stereocenters. The number of nitrogens with zero attached hydrogens (tertiary/aromatic N) is 1. The highest BCUT2D eigenvalue weighted by Gasteiger charge is 2.20. The van der Waals surface area contributed by atoms with Gasteiger partial charge in [-0.15, -0.1) is 0 Å². The monoisotopic (exact) mass is 304 g/mol. The minimum atomic E-state index is 0.0334. The Labute approximate surface area is 133 Å². The molecule has 0 saturated carbocycles. The predicted octanol–water partition coefficient (Wildman–Crippen LogP) is 3.63. The van der Waals surface area contributed by atoms with E-state index in [9.17, 15) is 4.79 Å². The topological polar surface area (TPSA) is 41.6 Å². The maximum absolute atomic E-state index is 12.1. The highest BCUT2D eigenvalue weighted by molar-refractivity contribution is 5.74. The molecule has 1 aromatic rings. The third kappa shape index (κ3) is 4.93. The fraction of sp³-hybridized carbons (Fsp3) is 0.611. The number of carbonyl (C=O) groups is 1. The number of benzene rings is 1. The van der Waals surface area contributed by atoms with E-state index in [0.29, 0.717) is 25.0 Å². The third-order valence-corrected chi connectivity index (χ3v) is 4.12. The SMILES string of the molecule is CC1CCCN(C(=O)NCCOc2cccc(C(C)C)c2)C1. The fourth-order valence-corrected chi connectivity index (χ4v) is 2.78. The standard InChI is InChI=1S/C18H28N2O2/c1-14(2)16-7-4-8-17(12-16)22-11-9-19-18(21)20-10-5-6-15(3)13-20/h4,7-8,12,14-15H,5-6,9-11,13H2,1-3H3,(H,19,21). The summed E-state index contributed by atoms with van der Waals surface area (Å²) in [5, 5.41) is 2.94. The van der Waals surface area contributed by atoms with Crippen molar-refractivity contribution in [3.05, 3.63) is 29.8 Å². The van der Waals surface area contributed by atoms with Crippen LogP contribution in [0.4, 0.5) is 4.79 Å². The Bertz CT molecular complexity index is 488. The van der Waals surface area contributed by atoms with Gasteiger partial charge in [0, 0.05) is 13.1 Å². The van der Waals surface area contributed by atoms with Crippen LogP contribution in [0.1, 0.15) is 45.1 Å². The molecule has 0 radical (unpaired) electrons. The molecule has 0 aromatic heterocycles. The summed E-state index contributed by atoms with van der Waals surface area (Å²) in [7, 11) is 0. The molecule has 1 fully saturated rings. The average molecular weight is 304 g/mol. The maximum Gasteiger partial charge on any atom is 0.317 e. The summed E-state index contributed by atoms with van der Waals surface area (Å²) in [6.45, 7) is 9.30. The molecular weight excluding hydrogens is 276 g/mol. The van der Waals surface area contributed by atoms with E-state index in [4.69, 9.17) is 4.74 Å². The third-order valence-electron chi connectivity index (χ3n) is 4.12. The molecule has 1 aliphatic heterocycles. The van der Waals surface area contributed by atoms with Crippen LogP contribution < -0.4 is 10.1 Å². The fourth-order valence-electron chi connectivity index (χ4n) is 2.78. The van der Waals surface area contributed by atoms with Crippen molar-refractivity contribution < 1.29 is 9.53 Å². The summed E-state index contributed by atoms with van der Waals surface area (Å²) in [6.07, 6.45) is 2.33. The van der Waals surface area contributed by atoms with Crippen LogP contribution in [0.3, 0.4) is 0 Å². The zero-order valence-corrected chi connectivity index (χ0v) is 14.0. The molecule has 1 saturated heterocycles. The van der Waals surface area contributed by atoms with E-state index in [-0.39, 0.29) is 6.03 Å². The normalized spacial score (nSPS) is 18.4. The van der Waals surface area contributed by atoms with E-state index in [1.54, 1.807) is 0 Å². The van der Waals surface area contributed by atoms with Gasteiger partial charge in [0.2, 0.25) is 0 Å². The molecule has 2 rings (SSSR count). The lowest BCUT2D eigenvalue weighted by molar-refractivity contribution is 0.167. The number of hydrogen-bond donors (Lipinski definition) is 1. The van der Waals surface area contributed by atoms with Gasteiger partial charge in [0.25, 0.3) is 0 Å². The zero-order valence-electron chi connectivity index (χ0n) is 14.0. The molecule has 0 bridgehead atoms. The number of carbonyl (C=O) groups excluding carboxylic acids is 1. The van der Waals surface area contributed by atoms with E-state index in [1.807, 2.05) is 17.0 Å². The van der Waals surface area contributed by atoms with Gasteiger partial charge in [0.1, 0.15) is 12.4 Å². The molecule has 1 N–H and O–H groups in total. The smallest absolute Gasteiger partial charge is 0.317 e. The maximum atomic E-state index is 12.1. The van der Waals surface area contributed by atoms with Gasteiger partial charge in [-0.3, -0.25) is 0 Å². The van der Waals surface area contributed by atoms with Crippen LogP contribution >= 0.6 is 0 Å². The van der Waals surface area contributed by atoms with Crippen LogP contribution in [0, 0.1) is 5.92 Å². The van der Waals surface area contributed by atoms with Gasteiger partial charge in [0.15, 0.2) is 0 Å². The van der Waals surface area contributed by atoms with E-state index >= 15 is 0 Å². The van der Waals surface area contributed by atoms with Gasteiger partial charge >= 0.3 is 6.03 Å². The summed E-state index contributed by atoms with van der Waals surface area (Å²) in [5.41, 5.74) is 1.27. The number of piperidine rings is 1. The van der Waals surface area contributed by atoms with E-state index in [0.717, 1.165) is 25.3 Å². The molecule has 4 nitrogen and oxygen atoms in total. The first-order valence-electron chi connectivity index (χ1n) is 8.32. The summed E-state index contributed by atoms with van der Waals surface area (Å²) >= 11 is 0. The van der Waals surface area contributed by atoms with Gasteiger partial charge < -0.3 is 15.0 Å². The summed E-state index contributed by atoms with van der Waals surface area (Å²) in [6, 6.07) is 8.18. The second-order valence-corrected chi connectivity index (χ2v) is 6.50. The van der Waals surface area contributed by atoms with E-state index in [2.05, 4.69) is 38.2 Å². The number of hydrogen-bond acceptors (Lipinski definition) is 2. The minimum absolute atomic E-state index is 0.0334. The Morgan fingerprint density at radius 3 is 3.00 bits per heavy atom. The first kappa shape index (κ1) is 16.7. The Morgan fingerprint density at radius 2 is 2.27 bits per heavy atom. The van der Waals surface area contributed by atoms with Crippen molar-refractivity contribution in [3.63, 3.8) is 0 Å². The predicted molar refractivity (Wildman–Crippen MR) is 89.4 cm³/mol. The van der Waals surface area contributed by atoms with Gasteiger partial charge in [0.05, 0.1) is 6.54 Å². The average Bonchev–Trinajstić information content (AvgIpc) is 2.51. The Kier molecular flexibility index (Phi) is 6.10. The second-order valence-electron chi connectivity index (χ2n) is 6.50. The van der Waals surface area contributed by atoms with Gasteiger partial charge in [-0.1, -0.05) is 32.9 Å². The molecule has 122 valence electrons. The Hall–Kier alpha value is -1.71. The van der Waals surface area contributed by atoms with Gasteiger partial charge in [-0.2, -0.15) is 0 Å². The summed E-state index contributed by atoms with van der Waals surface area (Å²) < 4.78 is 5.72. The number of rotatable bonds is 5. The lowest BCUT2D eigenvalue weighted by Crippen LogP contribution is -2.45. The minimum Gasteiger partial charge on any atom is -0.492 e. The molecule has 1 heterocycles. The van der Waals surface area contributed by atoms with Crippen molar-refractivity contribution in [2.45, 2.75) is 39.5 Å². The molecule has 1 aromatic carbocycles. The van der Waals surface area contributed by atoms with Crippen molar-refractivity contribution in [1.29, 1.82) is 0 Å². The first-order valence-corrected chi connectivity index (χ1v) is 8.32. The van der Waals surface area contributed by atoms with Gasteiger partial charge in [-0.05, 0) is 42.4 Å².